The number of nitrogen functional groups attached to an aromatic ring is 1. The number of benzene rings is 1. The molecule has 1 aromatic carbocycles. The van der Waals surface area contributed by atoms with Crippen LogP contribution in [0.3, 0.4) is 0 Å². The average Bonchev–Trinajstić information content (AvgIpc) is 2.85. The first-order valence-corrected chi connectivity index (χ1v) is 7.09. The molecule has 88 valence electrons. The Hall–Kier alpha value is -1.01. The monoisotopic (exact) mass is 310 g/mol. The van der Waals surface area contributed by atoms with E-state index in [2.05, 4.69) is 50.3 Å². The number of thioether (sulfide) groups is 1. The molecular weight excluding hydrogens is 300 g/mol. The second kappa shape index (κ2) is 4.34. The Morgan fingerprint density at radius 3 is 3.06 bits per heavy atom. The summed E-state index contributed by atoms with van der Waals surface area (Å²) in [6.07, 6.45) is 0. The van der Waals surface area contributed by atoms with E-state index in [0.717, 1.165) is 12.3 Å². The molecule has 0 bridgehead atoms. The molecule has 2 N–H and O–H groups in total. The molecule has 0 saturated heterocycles. The number of fused-ring (bicyclic) bond motifs is 1. The molecule has 0 amide bonds. The number of hydrogen-bond donors (Lipinski definition) is 1. The Kier molecular flexibility index (Phi) is 2.84. The first-order valence-electron chi connectivity index (χ1n) is 5.31. The van der Waals surface area contributed by atoms with Crippen molar-refractivity contribution in [2.24, 2.45) is 0 Å². The Morgan fingerprint density at radius 1 is 1.47 bits per heavy atom. The fraction of sp³-hybridized carbons (Fsp3) is 0.273. The number of aromatic nitrogens is 3. The van der Waals surface area contributed by atoms with Crippen LogP contribution in [0.1, 0.15) is 11.5 Å². The van der Waals surface area contributed by atoms with Gasteiger partial charge in [-0.05, 0) is 27.6 Å². The highest BCUT2D eigenvalue weighted by Gasteiger charge is 2.24. The van der Waals surface area contributed by atoms with E-state index in [9.17, 15) is 0 Å². The van der Waals surface area contributed by atoms with Gasteiger partial charge in [0.05, 0.1) is 6.54 Å². The third-order valence-corrected chi connectivity index (χ3v) is 4.67. The molecule has 1 aromatic heterocycles. The lowest BCUT2D eigenvalue weighted by atomic mass is 10.0. The van der Waals surface area contributed by atoms with E-state index in [1.807, 2.05) is 16.4 Å². The summed E-state index contributed by atoms with van der Waals surface area (Å²) in [6, 6.07) is 8.53. The Bertz CT molecular complexity index is 554. The summed E-state index contributed by atoms with van der Waals surface area (Å²) in [5, 5.41) is 4.17. The van der Waals surface area contributed by atoms with Gasteiger partial charge in [0.1, 0.15) is 0 Å². The topological polar surface area (TPSA) is 56.7 Å². The van der Waals surface area contributed by atoms with Crippen molar-refractivity contribution in [1.29, 1.82) is 0 Å². The van der Waals surface area contributed by atoms with E-state index in [-0.39, 0.29) is 0 Å². The highest BCUT2D eigenvalue weighted by Crippen LogP contribution is 2.40. The van der Waals surface area contributed by atoms with E-state index in [1.54, 1.807) is 0 Å². The zero-order valence-corrected chi connectivity index (χ0v) is 11.4. The number of rotatable bonds is 2. The van der Waals surface area contributed by atoms with Gasteiger partial charge in [-0.3, -0.25) is 0 Å². The second-order valence-electron chi connectivity index (χ2n) is 3.97. The third-order valence-electron chi connectivity index (χ3n) is 2.84. The summed E-state index contributed by atoms with van der Waals surface area (Å²) in [5.41, 5.74) is 6.97. The Balaban J connectivity index is 1.86. The van der Waals surface area contributed by atoms with Crippen LogP contribution in [0.15, 0.2) is 33.9 Å². The van der Waals surface area contributed by atoms with Crippen molar-refractivity contribution < 1.29 is 0 Å². The highest BCUT2D eigenvalue weighted by atomic mass is 79.9. The molecular formula is C11H11BrN4S. The van der Waals surface area contributed by atoms with Crippen LogP contribution in [0.2, 0.25) is 0 Å². The largest absolute Gasteiger partial charge is 0.366 e. The first kappa shape index (κ1) is 11.1. The van der Waals surface area contributed by atoms with Crippen LogP contribution in [0.25, 0.3) is 0 Å². The van der Waals surface area contributed by atoms with Gasteiger partial charge < -0.3 is 5.73 Å². The molecule has 1 unspecified atom stereocenters. The fourth-order valence-electron chi connectivity index (χ4n) is 2.04. The van der Waals surface area contributed by atoms with Gasteiger partial charge >= 0.3 is 0 Å². The molecule has 17 heavy (non-hydrogen) atoms. The fourth-order valence-corrected chi connectivity index (χ4v) is 3.69. The average molecular weight is 311 g/mol. The smallest absolute Gasteiger partial charge is 0.240 e. The van der Waals surface area contributed by atoms with Crippen LogP contribution in [0, 0.1) is 0 Å². The highest BCUT2D eigenvalue weighted by molar-refractivity contribution is 9.10. The van der Waals surface area contributed by atoms with Gasteiger partial charge in [-0.2, -0.15) is 4.98 Å². The molecule has 0 saturated carbocycles. The predicted octanol–water partition coefficient (Wildman–Crippen LogP) is 2.51. The summed E-state index contributed by atoms with van der Waals surface area (Å²) in [6.45, 7) is 0.814. The van der Waals surface area contributed by atoms with E-state index < -0.39 is 0 Å². The van der Waals surface area contributed by atoms with Gasteiger partial charge in [-0.15, -0.1) is 16.9 Å². The molecule has 0 fully saturated rings. The van der Waals surface area contributed by atoms with Crippen molar-refractivity contribution in [3.63, 3.8) is 0 Å². The van der Waals surface area contributed by atoms with Crippen molar-refractivity contribution in [2.75, 3.05) is 11.5 Å². The second-order valence-corrected chi connectivity index (χ2v) is 5.74. The predicted molar refractivity (Wildman–Crippen MR) is 72.0 cm³/mol. The third kappa shape index (κ3) is 2.07. The zero-order valence-electron chi connectivity index (χ0n) is 9.01. The maximum absolute atomic E-state index is 5.57. The van der Waals surface area contributed by atoms with E-state index in [0.29, 0.717) is 16.6 Å². The molecule has 2 heterocycles. The van der Waals surface area contributed by atoms with Gasteiger partial charge in [-0.1, -0.05) is 18.2 Å². The van der Waals surface area contributed by atoms with Crippen LogP contribution in [0.4, 0.5) is 5.95 Å². The lowest BCUT2D eigenvalue weighted by Gasteiger charge is -2.10. The molecule has 1 aliphatic rings. The van der Waals surface area contributed by atoms with E-state index in [4.69, 9.17) is 5.73 Å². The van der Waals surface area contributed by atoms with Crippen LogP contribution < -0.4 is 5.73 Å². The molecule has 0 aliphatic carbocycles. The molecule has 2 aromatic rings. The van der Waals surface area contributed by atoms with Crippen molar-refractivity contribution in [2.45, 2.75) is 17.4 Å². The zero-order chi connectivity index (χ0) is 11.8. The number of nitrogens with two attached hydrogens (primary N) is 1. The van der Waals surface area contributed by atoms with Crippen LogP contribution in [-0.4, -0.2) is 20.5 Å². The number of halogens is 1. The van der Waals surface area contributed by atoms with Crippen LogP contribution in [0.5, 0.6) is 0 Å². The Labute approximate surface area is 112 Å². The summed E-state index contributed by atoms with van der Waals surface area (Å²) in [4.78, 5) is 5.43. The minimum absolute atomic E-state index is 0.316. The maximum atomic E-state index is 5.57. The molecule has 3 rings (SSSR count). The summed E-state index contributed by atoms with van der Waals surface area (Å²) in [7, 11) is 0. The first-order chi connectivity index (χ1) is 8.24. The van der Waals surface area contributed by atoms with E-state index >= 15 is 0 Å². The molecule has 0 spiro atoms. The summed E-state index contributed by atoms with van der Waals surface area (Å²) < 4.78 is 2.52. The number of anilines is 1. The quantitative estimate of drug-likeness (QED) is 0.926. The van der Waals surface area contributed by atoms with Gasteiger partial charge in [0.15, 0.2) is 4.73 Å². The SMILES string of the molecule is Nc1nc(Br)n(CC2CSc3ccccc32)n1. The maximum Gasteiger partial charge on any atom is 0.240 e. The van der Waals surface area contributed by atoms with Crippen molar-refractivity contribution in [3.8, 4) is 0 Å². The van der Waals surface area contributed by atoms with Crippen molar-refractivity contribution in [1.82, 2.24) is 14.8 Å². The molecule has 1 aliphatic heterocycles. The lowest BCUT2D eigenvalue weighted by Crippen LogP contribution is -2.10. The summed E-state index contributed by atoms with van der Waals surface area (Å²) in [5.74, 6) is 1.88. The minimum Gasteiger partial charge on any atom is -0.366 e. The Morgan fingerprint density at radius 2 is 2.29 bits per heavy atom. The number of hydrogen-bond acceptors (Lipinski definition) is 4. The van der Waals surface area contributed by atoms with Gasteiger partial charge in [0.25, 0.3) is 0 Å². The van der Waals surface area contributed by atoms with Crippen molar-refractivity contribution in [3.05, 3.63) is 34.6 Å². The molecule has 0 radical (unpaired) electrons. The van der Waals surface area contributed by atoms with Crippen LogP contribution >= 0.6 is 27.7 Å². The van der Waals surface area contributed by atoms with Gasteiger partial charge in [0.2, 0.25) is 5.95 Å². The van der Waals surface area contributed by atoms with Crippen LogP contribution in [-0.2, 0) is 6.54 Å². The molecule has 4 nitrogen and oxygen atoms in total. The van der Waals surface area contributed by atoms with Gasteiger partial charge in [0, 0.05) is 16.6 Å². The van der Waals surface area contributed by atoms with Gasteiger partial charge in [-0.25, -0.2) is 4.68 Å². The molecule has 6 heteroatoms. The normalized spacial score (nSPS) is 18.3. The number of nitrogens with zero attached hydrogens (tertiary/aromatic N) is 3. The summed E-state index contributed by atoms with van der Waals surface area (Å²) >= 11 is 5.27. The lowest BCUT2D eigenvalue weighted by molar-refractivity contribution is 0.539. The van der Waals surface area contributed by atoms with Crippen molar-refractivity contribution >= 4 is 33.6 Å². The standard InChI is InChI=1S/C11H11BrN4S/c12-10-14-11(13)15-16(10)5-7-6-17-9-4-2-1-3-8(7)9/h1-4,7H,5-6H2,(H2,13,15). The molecule has 1 atom stereocenters. The van der Waals surface area contributed by atoms with E-state index in [1.165, 1.54) is 10.5 Å². The minimum atomic E-state index is 0.316.